The van der Waals surface area contributed by atoms with Crippen molar-refractivity contribution < 1.29 is 83.9 Å². The molecule has 105 heavy (non-hydrogen) atoms. The van der Waals surface area contributed by atoms with E-state index in [1.807, 2.05) is 13.8 Å². The lowest BCUT2D eigenvalue weighted by atomic mass is 9.78. The van der Waals surface area contributed by atoms with Gasteiger partial charge in [0.2, 0.25) is 70.9 Å². The summed E-state index contributed by atoms with van der Waals surface area (Å²) in [6.45, 7) is 8.69. The summed E-state index contributed by atoms with van der Waals surface area (Å²) >= 11 is 6.40. The predicted octanol–water partition coefficient (Wildman–Crippen LogP) is 7.07. The molecule has 0 aromatic rings. The number of carbonyl (C=O) groups excluding carboxylic acids is 12. The summed E-state index contributed by atoms with van der Waals surface area (Å²) in [7, 11) is 6.90. The molecule has 4 aliphatic carbocycles. The molecule has 31 heteroatoms. The number of hydrogen-bond donors (Lipinski definition) is 4. The van der Waals surface area contributed by atoms with E-state index in [0.717, 1.165) is 34.0 Å². The largest absolute Gasteiger partial charge is 0.393 e. The first-order valence-electron chi connectivity index (χ1n) is 38.6. The highest BCUT2D eigenvalue weighted by Crippen LogP contribution is 2.45. The van der Waals surface area contributed by atoms with Crippen LogP contribution in [0.15, 0.2) is 0 Å². The highest BCUT2D eigenvalue weighted by molar-refractivity contribution is 6.21. The molecule has 4 heterocycles. The Morgan fingerprint density at radius 2 is 1.19 bits per heavy atom. The van der Waals surface area contributed by atoms with E-state index in [1.165, 1.54) is 61.8 Å². The van der Waals surface area contributed by atoms with Crippen LogP contribution in [0.25, 0.3) is 0 Å². The van der Waals surface area contributed by atoms with Crippen molar-refractivity contribution in [3.8, 4) is 0 Å². The van der Waals surface area contributed by atoms with Crippen molar-refractivity contribution in [2.24, 2.45) is 41.4 Å². The number of carbonyl (C=O) groups is 12. The predicted molar refractivity (Wildman–Crippen MR) is 377 cm³/mol. The number of halogens is 7. The summed E-state index contributed by atoms with van der Waals surface area (Å²) < 4.78 is 84.2. The molecule has 0 aromatic heterocycles. The van der Waals surface area contributed by atoms with Gasteiger partial charge in [-0.1, -0.05) is 59.8 Å². The van der Waals surface area contributed by atoms with Crippen molar-refractivity contribution in [1.29, 1.82) is 0 Å². The number of amides is 12. The van der Waals surface area contributed by atoms with Crippen LogP contribution in [-0.4, -0.2) is 256 Å². The standard InChI is InChI=1S/C74H115ClF6N12O12/c1-11-44(4)60-69(103)87(7)45(5)64(98)93-37-31-55(93)67(101)88(8)56(40-47-23-27-49(28-24-47)73(76,77)78)66(100)86(6)42-59(95)82-52(30-26-46-25-29-50(51(75)39-46)74(79,80)81)65(99)92-36-19-22-54(92)63(97)85-72(32-15-16-33-72)71(105)90(10)61(48-20-13-14-21-48)70(104)89(9)57(68(102)91-34-17-12-18-35-91)41-58(94)83-53(38-43(2)3)62(96)84-60/h43-57,60-61H,11-42H2,1-10H3,(H,82,95)(H,83,94)(H,84,96)(H,85,97)/t44-,45-,46?,47?,49?,50?,51?,52-,53-,54-,55-,56-,57-,60-,61-/m0/s1. The molecule has 4 aliphatic heterocycles. The number of nitrogens with zero attached hydrogens (tertiary/aromatic N) is 8. The number of piperidine rings is 1. The van der Waals surface area contributed by atoms with Crippen LogP contribution in [0.3, 0.4) is 0 Å². The molecule has 0 bridgehead atoms. The second kappa shape index (κ2) is 36.1. The van der Waals surface area contributed by atoms with E-state index in [-0.39, 0.29) is 115 Å². The number of likely N-dealkylation sites (tertiary alicyclic amines) is 1. The highest BCUT2D eigenvalue weighted by Gasteiger charge is 2.53. The maximum absolute atomic E-state index is 15.7. The van der Waals surface area contributed by atoms with E-state index < -0.39 is 197 Å². The fourth-order valence-corrected chi connectivity index (χ4v) is 18.1. The number of hydrogen-bond acceptors (Lipinski definition) is 12. The number of rotatable bonds is 11. The van der Waals surface area contributed by atoms with Crippen molar-refractivity contribution in [3.63, 3.8) is 0 Å². The van der Waals surface area contributed by atoms with E-state index in [0.29, 0.717) is 64.5 Å². The van der Waals surface area contributed by atoms with E-state index in [9.17, 15) is 55.1 Å². The third kappa shape index (κ3) is 20.3. The average Bonchev–Trinajstić information content (AvgIpc) is 1.42. The van der Waals surface area contributed by atoms with Crippen molar-refractivity contribution in [2.75, 3.05) is 68.0 Å². The minimum absolute atomic E-state index is 0.0118. The maximum Gasteiger partial charge on any atom is 0.393 e. The molecule has 8 aliphatic rings. The molecule has 4 saturated carbocycles. The second-order valence-electron chi connectivity index (χ2n) is 32.2. The minimum atomic E-state index is -4.55. The quantitative estimate of drug-likeness (QED) is 0.119. The van der Waals surface area contributed by atoms with Crippen LogP contribution in [0.2, 0.25) is 0 Å². The first-order chi connectivity index (χ1) is 49.4. The van der Waals surface area contributed by atoms with E-state index >= 15 is 28.8 Å². The SMILES string of the molecule is CC[C@H](C)[C@@H]1NC(=O)[C@H](CC(C)C)NC(=O)C[C@@H](C(=O)N2CCCCC2)N(C)C(=O)[C@H](C2CCCC2)N(C)C(=O)C2(CCCC2)NC(=O)[C@@H]2CCCN2C(=O)[C@H](CCC2CCC(C(F)(F)F)C(Cl)C2)NC(=O)CN(C)C(=O)[C@H](CC2CCC(C(F)(F)F)CC2)N(C)C(=O)[C@@H]2CCN2C(=O)[C@H](C)N(C)C1=O. The summed E-state index contributed by atoms with van der Waals surface area (Å²) in [4.78, 5) is 191. The van der Waals surface area contributed by atoms with Gasteiger partial charge in [-0.15, -0.1) is 11.6 Å². The van der Waals surface area contributed by atoms with Crippen molar-refractivity contribution >= 4 is 82.5 Å². The van der Waals surface area contributed by atoms with E-state index in [2.05, 4.69) is 21.3 Å². The summed E-state index contributed by atoms with van der Waals surface area (Å²) in [5.41, 5.74) is -1.59. The smallest absolute Gasteiger partial charge is 0.344 e. The fraction of sp³-hybridized carbons (Fsp3) is 0.838. The number of fused-ring (bicyclic) bond motifs is 2. The van der Waals surface area contributed by atoms with Crippen LogP contribution in [0.1, 0.15) is 208 Å². The van der Waals surface area contributed by atoms with Crippen LogP contribution in [0.5, 0.6) is 0 Å². The molecule has 4 N–H and O–H groups in total. The van der Waals surface area contributed by atoms with Gasteiger partial charge in [0.1, 0.15) is 59.9 Å². The molecule has 8 rings (SSSR count). The van der Waals surface area contributed by atoms with Gasteiger partial charge in [0, 0.05) is 66.8 Å². The average molecular weight is 1510 g/mol. The van der Waals surface area contributed by atoms with Crippen LogP contribution < -0.4 is 21.3 Å². The number of likely N-dealkylation sites (N-methyl/N-ethyl adjacent to an activating group) is 5. The van der Waals surface area contributed by atoms with Gasteiger partial charge >= 0.3 is 12.4 Å². The topological polar surface area (TPSA) is 279 Å². The molecule has 24 nitrogen and oxygen atoms in total. The third-order valence-electron chi connectivity index (χ3n) is 24.6. The molecule has 4 saturated heterocycles. The van der Waals surface area contributed by atoms with Gasteiger partial charge in [-0.2, -0.15) is 26.3 Å². The molecule has 0 aromatic carbocycles. The zero-order valence-corrected chi connectivity index (χ0v) is 63.8. The Bertz CT molecular complexity index is 3120. The van der Waals surface area contributed by atoms with Crippen LogP contribution in [0, 0.1) is 41.4 Å². The summed E-state index contributed by atoms with van der Waals surface area (Å²) in [6, 6.07) is -11.6. The second-order valence-corrected chi connectivity index (χ2v) is 32.8. The number of nitrogens with one attached hydrogen (secondary N) is 4. The van der Waals surface area contributed by atoms with Gasteiger partial charge in [-0.05, 0) is 171 Å². The van der Waals surface area contributed by atoms with Gasteiger partial charge in [0.25, 0.3) is 0 Å². The molecule has 8 fully saturated rings. The summed E-state index contributed by atoms with van der Waals surface area (Å²) in [5.74, 6) is -13.8. The lowest BCUT2D eigenvalue weighted by Gasteiger charge is -2.45. The molecule has 3 unspecified atom stereocenters. The molecular formula is C74H115ClF6N12O12. The maximum atomic E-state index is 15.7. The van der Waals surface area contributed by atoms with Gasteiger partial charge in [-0.3, -0.25) is 57.5 Å². The summed E-state index contributed by atoms with van der Waals surface area (Å²) in [6.07, 6.45) is -3.40. The van der Waals surface area contributed by atoms with E-state index in [4.69, 9.17) is 11.6 Å². The Balaban J connectivity index is 1.16. The van der Waals surface area contributed by atoms with Gasteiger partial charge in [0.15, 0.2) is 0 Å². The third-order valence-corrected chi connectivity index (χ3v) is 25.1. The highest BCUT2D eigenvalue weighted by atomic mass is 35.5. The van der Waals surface area contributed by atoms with Gasteiger partial charge in [-0.25, -0.2) is 0 Å². The Morgan fingerprint density at radius 1 is 0.571 bits per heavy atom. The van der Waals surface area contributed by atoms with Crippen molar-refractivity contribution in [2.45, 2.75) is 286 Å². The molecule has 1 spiro atoms. The molecule has 13 atom stereocenters. The van der Waals surface area contributed by atoms with Crippen LogP contribution in [0.4, 0.5) is 26.3 Å². The molecule has 592 valence electrons. The van der Waals surface area contributed by atoms with E-state index in [1.54, 1.807) is 18.7 Å². The fourth-order valence-electron chi connectivity index (χ4n) is 17.6. The van der Waals surface area contributed by atoms with Gasteiger partial charge in [0.05, 0.1) is 24.8 Å². The molecule has 12 amide bonds. The van der Waals surface area contributed by atoms with Crippen LogP contribution in [-0.2, 0) is 57.5 Å². The van der Waals surface area contributed by atoms with Gasteiger partial charge < -0.3 is 60.5 Å². The Hall–Kier alpha value is -6.49. The van der Waals surface area contributed by atoms with Crippen molar-refractivity contribution in [1.82, 2.24) is 60.5 Å². The summed E-state index contributed by atoms with van der Waals surface area (Å²) in [5, 5.41) is 10.2. The number of alkyl halides is 7. The lowest BCUT2D eigenvalue weighted by Crippen LogP contribution is -2.65. The zero-order chi connectivity index (χ0) is 77.3. The zero-order valence-electron chi connectivity index (χ0n) is 63.1. The lowest BCUT2D eigenvalue weighted by molar-refractivity contribution is -0.184. The first kappa shape index (κ1) is 84.1. The van der Waals surface area contributed by atoms with Crippen LogP contribution >= 0.6 is 11.6 Å². The Kier molecular flexibility index (Phi) is 29.0. The molecular weight excluding hydrogens is 1400 g/mol. The monoisotopic (exact) mass is 1510 g/mol. The minimum Gasteiger partial charge on any atom is -0.344 e. The Labute approximate surface area is 619 Å². The normalized spacial score (nSPS) is 32.3. The first-order valence-corrected chi connectivity index (χ1v) is 39.0. The van der Waals surface area contributed by atoms with Crippen molar-refractivity contribution in [3.05, 3.63) is 0 Å². The molecule has 0 radical (unpaired) electrons. The Morgan fingerprint density at radius 3 is 1.77 bits per heavy atom.